The molecule has 0 radical (unpaired) electrons. The highest BCUT2D eigenvalue weighted by Crippen LogP contribution is 2.49. The van der Waals surface area contributed by atoms with E-state index in [0.717, 1.165) is 12.8 Å². The Morgan fingerprint density at radius 3 is 2.51 bits per heavy atom. The van der Waals surface area contributed by atoms with Crippen molar-refractivity contribution < 1.29 is 14.4 Å². The van der Waals surface area contributed by atoms with Gasteiger partial charge in [0.15, 0.2) is 5.78 Å². The Labute approximate surface area is 250 Å². The molecule has 6 rings (SSSR count). The van der Waals surface area contributed by atoms with Crippen molar-refractivity contribution in [3.63, 3.8) is 0 Å². The molecule has 220 valence electrons. The number of pyridine rings is 2. The molecule has 1 saturated carbocycles. The smallest absolute Gasteiger partial charge is 0.262 e. The number of Topliss-reactive ketones (excluding diaryl/α,β-unsaturated/α-hetero) is 1. The Kier molecular flexibility index (Phi) is 6.99. The first-order valence-corrected chi connectivity index (χ1v) is 14.7. The molecule has 2 aliphatic rings. The highest BCUT2D eigenvalue weighted by Gasteiger charge is 2.49. The average Bonchev–Trinajstić information content (AvgIpc) is 3.61. The highest BCUT2D eigenvalue weighted by molar-refractivity contribution is 7.21. The molecule has 4 atom stereocenters. The Balaban J connectivity index is 1.44. The van der Waals surface area contributed by atoms with Crippen LogP contribution >= 0.6 is 11.3 Å². The number of aromatic nitrogens is 2. The van der Waals surface area contributed by atoms with Crippen LogP contribution in [0.1, 0.15) is 57.4 Å². The maximum atomic E-state index is 14.2. The highest BCUT2D eigenvalue weighted by atomic mass is 32.1. The molecule has 11 nitrogen and oxygen atoms in total. The first kappa shape index (κ1) is 28.5. The van der Waals surface area contributed by atoms with Crippen LogP contribution in [0.25, 0.3) is 15.9 Å². The van der Waals surface area contributed by atoms with E-state index < -0.39 is 23.3 Å². The number of anilines is 1. The lowest BCUT2D eigenvalue weighted by Crippen LogP contribution is -2.53. The monoisotopic (exact) mass is 597 g/mol. The minimum Gasteiger partial charge on any atom is -0.398 e. The molecule has 1 aromatic carbocycles. The number of hydrogen-bond donors (Lipinski definition) is 5. The number of rotatable bonds is 6. The molecule has 0 bridgehead atoms. The quantitative estimate of drug-likeness (QED) is 0.165. The number of amides is 2. The van der Waals surface area contributed by atoms with Crippen molar-refractivity contribution in [1.82, 2.24) is 20.2 Å². The van der Waals surface area contributed by atoms with Gasteiger partial charge in [-0.15, -0.1) is 11.3 Å². The van der Waals surface area contributed by atoms with Gasteiger partial charge in [0.25, 0.3) is 11.5 Å². The molecule has 1 fully saturated rings. The molecule has 43 heavy (non-hydrogen) atoms. The standard InChI is InChI=1S/C31H31N7O4S/c1-3-22(39)36-19-7-6-8-20(19)37-30(42)28-25-24-17(10-12-18(32)27(24)43-28)31(34,29(41)26(25)33)16-11-13-21(35-15(16)2)38-14-5-4-9-23(38)40/h3-5,9-14,19-20,26H,1,6-8,32-34H2,2H3,(H,36,39)(H,37,42)/t19-,20+,26?,31?/m0/s1. The predicted octanol–water partition coefficient (Wildman–Crippen LogP) is 2.08. The summed E-state index contributed by atoms with van der Waals surface area (Å²) in [6, 6.07) is 9.74. The summed E-state index contributed by atoms with van der Waals surface area (Å²) in [6.45, 7) is 5.22. The molecule has 2 unspecified atom stereocenters. The summed E-state index contributed by atoms with van der Waals surface area (Å²) in [6.07, 6.45) is 5.06. The maximum absolute atomic E-state index is 14.2. The predicted molar refractivity (Wildman–Crippen MR) is 165 cm³/mol. The van der Waals surface area contributed by atoms with Crippen molar-refractivity contribution in [2.75, 3.05) is 5.73 Å². The second-order valence-electron chi connectivity index (χ2n) is 10.9. The number of ketones is 1. The Hall–Kier alpha value is -4.65. The van der Waals surface area contributed by atoms with E-state index in [0.29, 0.717) is 50.4 Å². The molecule has 0 aliphatic heterocycles. The number of nitrogens with zero attached hydrogens (tertiary/aromatic N) is 2. The van der Waals surface area contributed by atoms with E-state index in [1.807, 2.05) is 0 Å². The first-order valence-electron chi connectivity index (χ1n) is 13.9. The molecule has 0 saturated heterocycles. The normalized spacial score (nSPS) is 22.9. The molecule has 3 aromatic heterocycles. The maximum Gasteiger partial charge on any atom is 0.262 e. The van der Waals surface area contributed by atoms with Gasteiger partial charge < -0.3 is 27.8 Å². The second-order valence-corrected chi connectivity index (χ2v) is 12.0. The third kappa shape index (κ3) is 4.46. The second kappa shape index (κ2) is 10.6. The van der Waals surface area contributed by atoms with Crippen LogP contribution in [0.4, 0.5) is 5.69 Å². The lowest BCUT2D eigenvalue weighted by Gasteiger charge is -2.37. The SMILES string of the molecule is C=CC(=O)N[C@H]1CCC[C@H]1NC(=O)c1sc2c(N)ccc3c2c1C(N)C(=O)C3(N)c1ccc(-n2ccccc2=O)nc1C. The van der Waals surface area contributed by atoms with E-state index in [2.05, 4.69) is 22.2 Å². The minimum absolute atomic E-state index is 0.238. The summed E-state index contributed by atoms with van der Waals surface area (Å²) in [5.74, 6) is -0.809. The zero-order valence-corrected chi connectivity index (χ0v) is 24.2. The van der Waals surface area contributed by atoms with Crippen molar-refractivity contribution >= 4 is 44.7 Å². The fourth-order valence-corrected chi connectivity index (χ4v) is 7.53. The van der Waals surface area contributed by atoms with E-state index >= 15 is 0 Å². The summed E-state index contributed by atoms with van der Waals surface area (Å²) in [5.41, 5.74) is 20.3. The number of benzene rings is 1. The summed E-state index contributed by atoms with van der Waals surface area (Å²) in [4.78, 5) is 57.1. The van der Waals surface area contributed by atoms with E-state index in [9.17, 15) is 19.2 Å². The van der Waals surface area contributed by atoms with Gasteiger partial charge in [-0.1, -0.05) is 24.8 Å². The molecule has 8 N–H and O–H groups in total. The Bertz CT molecular complexity index is 1900. The summed E-state index contributed by atoms with van der Waals surface area (Å²) >= 11 is 1.17. The zero-order valence-electron chi connectivity index (χ0n) is 23.4. The minimum atomic E-state index is -1.68. The van der Waals surface area contributed by atoms with E-state index in [4.69, 9.17) is 17.2 Å². The molecule has 4 aromatic rings. The van der Waals surface area contributed by atoms with Crippen LogP contribution in [0.5, 0.6) is 0 Å². The molecule has 3 heterocycles. The van der Waals surface area contributed by atoms with Crippen LogP contribution in [-0.2, 0) is 15.1 Å². The molecule has 2 amide bonds. The molecule has 2 aliphatic carbocycles. The van der Waals surface area contributed by atoms with Crippen molar-refractivity contribution in [2.45, 2.75) is 49.9 Å². The first-order chi connectivity index (χ1) is 20.6. The van der Waals surface area contributed by atoms with Gasteiger partial charge >= 0.3 is 0 Å². The van der Waals surface area contributed by atoms with Gasteiger partial charge in [0.1, 0.15) is 11.4 Å². The van der Waals surface area contributed by atoms with Crippen LogP contribution in [0.15, 0.2) is 66.1 Å². The summed E-state index contributed by atoms with van der Waals surface area (Å²) < 4.78 is 2.01. The van der Waals surface area contributed by atoms with Gasteiger partial charge in [0.05, 0.1) is 15.6 Å². The number of thiophene rings is 1. The third-order valence-corrected chi connectivity index (χ3v) is 9.68. The molecular formula is C31H31N7O4S. The average molecular weight is 598 g/mol. The van der Waals surface area contributed by atoms with Crippen LogP contribution in [-0.4, -0.2) is 39.2 Å². The molecular weight excluding hydrogens is 566 g/mol. The number of nitrogens with two attached hydrogens (primary N) is 3. The van der Waals surface area contributed by atoms with Crippen LogP contribution in [0.2, 0.25) is 0 Å². The zero-order chi connectivity index (χ0) is 30.6. The van der Waals surface area contributed by atoms with Crippen LogP contribution < -0.4 is 33.4 Å². The Morgan fingerprint density at radius 2 is 1.81 bits per heavy atom. The molecule has 12 heteroatoms. The van der Waals surface area contributed by atoms with Gasteiger partial charge in [0.2, 0.25) is 5.91 Å². The third-order valence-electron chi connectivity index (χ3n) is 8.43. The summed E-state index contributed by atoms with van der Waals surface area (Å²) in [7, 11) is 0. The van der Waals surface area contributed by atoms with Crippen molar-refractivity contribution in [3.8, 4) is 5.82 Å². The number of hydrogen-bond acceptors (Lipinski definition) is 9. The largest absolute Gasteiger partial charge is 0.398 e. The van der Waals surface area contributed by atoms with Crippen LogP contribution in [0.3, 0.4) is 0 Å². The van der Waals surface area contributed by atoms with E-state index in [1.54, 1.807) is 49.5 Å². The lowest BCUT2D eigenvalue weighted by atomic mass is 9.70. The lowest BCUT2D eigenvalue weighted by molar-refractivity contribution is -0.124. The fourth-order valence-electron chi connectivity index (χ4n) is 6.32. The fraction of sp³-hybridized carbons (Fsp3) is 0.258. The summed E-state index contributed by atoms with van der Waals surface area (Å²) in [5, 5.41) is 6.50. The Morgan fingerprint density at radius 1 is 1.09 bits per heavy atom. The number of carbonyl (C=O) groups excluding carboxylic acids is 3. The van der Waals surface area contributed by atoms with Crippen molar-refractivity contribution in [3.05, 3.63) is 98.9 Å². The molecule has 0 spiro atoms. The van der Waals surface area contributed by atoms with Gasteiger partial charge in [-0.25, -0.2) is 4.98 Å². The van der Waals surface area contributed by atoms with Gasteiger partial charge in [0, 0.05) is 52.2 Å². The number of nitrogens with one attached hydrogen (secondary N) is 2. The number of nitrogen functional groups attached to an aromatic ring is 1. The van der Waals surface area contributed by atoms with Gasteiger partial charge in [-0.2, -0.15) is 0 Å². The van der Waals surface area contributed by atoms with Gasteiger partial charge in [-0.05, 0) is 56.0 Å². The topological polar surface area (TPSA) is 188 Å². The van der Waals surface area contributed by atoms with Gasteiger partial charge in [-0.3, -0.25) is 23.7 Å². The number of carbonyl (C=O) groups is 3. The van der Waals surface area contributed by atoms with E-state index in [-0.39, 0.29) is 28.4 Å². The number of aryl methyl sites for hydroxylation is 1. The van der Waals surface area contributed by atoms with Crippen molar-refractivity contribution in [2.24, 2.45) is 11.5 Å². The van der Waals surface area contributed by atoms with Crippen molar-refractivity contribution in [1.29, 1.82) is 0 Å². The van der Waals surface area contributed by atoms with Crippen LogP contribution in [0, 0.1) is 6.92 Å². The van der Waals surface area contributed by atoms with E-state index in [1.165, 1.54) is 28.0 Å².